The van der Waals surface area contributed by atoms with E-state index in [1.165, 1.54) is 12.1 Å². The second-order valence-corrected chi connectivity index (χ2v) is 6.71. The van der Waals surface area contributed by atoms with Crippen LogP contribution in [0, 0.1) is 0 Å². The smallest absolute Gasteiger partial charge is 0.253 e. The van der Waals surface area contributed by atoms with Gasteiger partial charge >= 0.3 is 0 Å². The molecule has 1 aromatic carbocycles. The van der Waals surface area contributed by atoms with Crippen molar-refractivity contribution in [2.24, 2.45) is 0 Å². The van der Waals surface area contributed by atoms with Crippen LogP contribution in [0.4, 0.5) is 0 Å². The molecule has 0 unspecified atom stereocenters. The predicted molar refractivity (Wildman–Crippen MR) is 80.2 cm³/mol. The number of amides is 1. The summed E-state index contributed by atoms with van der Waals surface area (Å²) in [5.74, 6) is -0.0382. The first-order valence-corrected chi connectivity index (χ1v) is 8.18. The number of nitrogens with zero attached hydrogens (tertiary/aromatic N) is 1. The predicted octanol–water partition coefficient (Wildman–Crippen LogP) is 0.947. The van der Waals surface area contributed by atoms with Crippen LogP contribution in [0.5, 0.6) is 0 Å². The maximum atomic E-state index is 12.3. The Balaban J connectivity index is 0.00000200. The van der Waals surface area contributed by atoms with Gasteiger partial charge in [0.05, 0.1) is 4.90 Å². The standard InChI is InChI=1S/C13H18N2O3S.ClH/c1-19(17,18)12-5-3-11(4-6-12)13(16)15-9-2-7-14-8-10-15;/h3-6,14H,2,7-10H2,1H3;1H. The highest BCUT2D eigenvalue weighted by atomic mass is 35.5. The number of nitrogens with one attached hydrogen (secondary N) is 1. The lowest BCUT2D eigenvalue weighted by Crippen LogP contribution is -2.34. The number of rotatable bonds is 2. The molecule has 2 rings (SSSR count). The lowest BCUT2D eigenvalue weighted by molar-refractivity contribution is 0.0766. The van der Waals surface area contributed by atoms with Gasteiger partial charge in [-0.2, -0.15) is 0 Å². The van der Waals surface area contributed by atoms with E-state index in [1.807, 2.05) is 0 Å². The zero-order valence-corrected chi connectivity index (χ0v) is 13.0. The van der Waals surface area contributed by atoms with Crippen LogP contribution in [0.1, 0.15) is 16.8 Å². The summed E-state index contributed by atoms with van der Waals surface area (Å²) < 4.78 is 22.7. The van der Waals surface area contributed by atoms with Crippen molar-refractivity contribution in [1.29, 1.82) is 0 Å². The van der Waals surface area contributed by atoms with Crippen molar-refractivity contribution in [2.45, 2.75) is 11.3 Å². The molecule has 0 aliphatic carbocycles. The number of hydrogen-bond acceptors (Lipinski definition) is 4. The molecule has 0 spiro atoms. The van der Waals surface area contributed by atoms with E-state index in [2.05, 4.69) is 5.32 Å². The van der Waals surface area contributed by atoms with Crippen molar-refractivity contribution in [1.82, 2.24) is 10.2 Å². The van der Waals surface area contributed by atoms with Gasteiger partial charge in [0.15, 0.2) is 9.84 Å². The monoisotopic (exact) mass is 318 g/mol. The van der Waals surface area contributed by atoms with Crippen LogP contribution < -0.4 is 5.32 Å². The zero-order valence-electron chi connectivity index (χ0n) is 11.3. The molecule has 1 saturated heterocycles. The van der Waals surface area contributed by atoms with Gasteiger partial charge in [0, 0.05) is 31.5 Å². The Bertz CT molecular complexity index is 549. The first-order valence-electron chi connectivity index (χ1n) is 6.28. The van der Waals surface area contributed by atoms with Crippen LogP contribution in [-0.2, 0) is 9.84 Å². The van der Waals surface area contributed by atoms with Crippen molar-refractivity contribution >= 4 is 28.2 Å². The molecule has 0 bridgehead atoms. The molecule has 1 aliphatic rings. The number of sulfone groups is 1. The van der Waals surface area contributed by atoms with Crippen molar-refractivity contribution in [2.75, 3.05) is 32.4 Å². The third kappa shape index (κ3) is 4.19. The fraction of sp³-hybridized carbons (Fsp3) is 0.462. The molecule has 112 valence electrons. The minimum absolute atomic E-state index is 0. The molecule has 1 N–H and O–H groups in total. The van der Waals surface area contributed by atoms with Gasteiger partial charge in [-0.25, -0.2) is 8.42 Å². The SMILES string of the molecule is CS(=O)(=O)c1ccc(C(=O)N2CCCNCC2)cc1.Cl. The Kier molecular flexibility index (Phi) is 5.98. The van der Waals surface area contributed by atoms with Gasteiger partial charge in [-0.1, -0.05) is 0 Å². The summed E-state index contributed by atoms with van der Waals surface area (Å²) >= 11 is 0. The molecule has 1 aromatic rings. The Morgan fingerprint density at radius 3 is 2.40 bits per heavy atom. The van der Waals surface area contributed by atoms with E-state index in [4.69, 9.17) is 0 Å². The van der Waals surface area contributed by atoms with E-state index in [-0.39, 0.29) is 23.2 Å². The highest BCUT2D eigenvalue weighted by Gasteiger charge is 2.17. The van der Waals surface area contributed by atoms with Crippen LogP contribution in [0.25, 0.3) is 0 Å². The maximum absolute atomic E-state index is 12.3. The molecule has 1 fully saturated rings. The van der Waals surface area contributed by atoms with Gasteiger partial charge in [-0.3, -0.25) is 4.79 Å². The van der Waals surface area contributed by atoms with Crippen molar-refractivity contribution in [3.05, 3.63) is 29.8 Å². The summed E-state index contributed by atoms with van der Waals surface area (Å²) in [5.41, 5.74) is 0.536. The average molecular weight is 319 g/mol. The van der Waals surface area contributed by atoms with Crippen LogP contribution in [0.3, 0.4) is 0 Å². The Labute approximate surface area is 125 Å². The van der Waals surface area contributed by atoms with Crippen molar-refractivity contribution < 1.29 is 13.2 Å². The number of carbonyl (C=O) groups is 1. The van der Waals surface area contributed by atoms with Gasteiger partial charge in [0.1, 0.15) is 0 Å². The summed E-state index contributed by atoms with van der Waals surface area (Å²) in [6.07, 6.45) is 2.09. The fourth-order valence-electron chi connectivity index (χ4n) is 2.08. The molecule has 0 atom stereocenters. The molecule has 20 heavy (non-hydrogen) atoms. The number of hydrogen-bond donors (Lipinski definition) is 1. The number of carbonyl (C=O) groups excluding carboxylic acids is 1. The summed E-state index contributed by atoms with van der Waals surface area (Å²) in [7, 11) is -3.21. The van der Waals surface area contributed by atoms with Crippen molar-refractivity contribution in [3.63, 3.8) is 0 Å². The number of halogens is 1. The molecule has 5 nitrogen and oxygen atoms in total. The second-order valence-electron chi connectivity index (χ2n) is 4.69. The van der Waals surface area contributed by atoms with Crippen molar-refractivity contribution in [3.8, 4) is 0 Å². The van der Waals surface area contributed by atoms with E-state index < -0.39 is 9.84 Å². The third-order valence-electron chi connectivity index (χ3n) is 3.16. The van der Waals surface area contributed by atoms with Crippen LogP contribution in [-0.4, -0.2) is 51.7 Å². The summed E-state index contributed by atoms with van der Waals surface area (Å²) in [6, 6.07) is 6.13. The molecular weight excluding hydrogens is 300 g/mol. The van der Waals surface area contributed by atoms with Gasteiger partial charge in [0.2, 0.25) is 0 Å². The summed E-state index contributed by atoms with van der Waals surface area (Å²) in [6.45, 7) is 3.15. The van der Waals surface area contributed by atoms with E-state index in [0.29, 0.717) is 12.1 Å². The summed E-state index contributed by atoms with van der Waals surface area (Å²) in [5, 5.41) is 3.24. The highest BCUT2D eigenvalue weighted by Crippen LogP contribution is 2.12. The number of benzene rings is 1. The van der Waals surface area contributed by atoms with Gasteiger partial charge in [-0.15, -0.1) is 12.4 Å². The second kappa shape index (κ2) is 7.06. The molecule has 7 heteroatoms. The lowest BCUT2D eigenvalue weighted by Gasteiger charge is -2.20. The van der Waals surface area contributed by atoms with E-state index in [1.54, 1.807) is 17.0 Å². The largest absolute Gasteiger partial charge is 0.337 e. The fourth-order valence-corrected chi connectivity index (χ4v) is 2.71. The summed E-state index contributed by atoms with van der Waals surface area (Å²) in [4.78, 5) is 14.3. The quantitative estimate of drug-likeness (QED) is 0.881. The average Bonchev–Trinajstić information content (AvgIpc) is 2.66. The molecular formula is C13H19ClN2O3S. The van der Waals surface area contributed by atoms with Gasteiger partial charge in [-0.05, 0) is 37.2 Å². The van der Waals surface area contributed by atoms with Crippen LogP contribution >= 0.6 is 12.4 Å². The van der Waals surface area contributed by atoms with E-state index in [0.717, 1.165) is 32.3 Å². The zero-order chi connectivity index (χ0) is 13.9. The minimum Gasteiger partial charge on any atom is -0.337 e. The van der Waals surface area contributed by atoms with Crippen LogP contribution in [0.15, 0.2) is 29.2 Å². The first-order chi connectivity index (χ1) is 8.98. The highest BCUT2D eigenvalue weighted by molar-refractivity contribution is 7.90. The van der Waals surface area contributed by atoms with E-state index >= 15 is 0 Å². The lowest BCUT2D eigenvalue weighted by atomic mass is 10.2. The Morgan fingerprint density at radius 1 is 1.15 bits per heavy atom. The van der Waals surface area contributed by atoms with Gasteiger partial charge < -0.3 is 10.2 Å². The molecule has 1 heterocycles. The molecule has 0 saturated carbocycles. The van der Waals surface area contributed by atoms with E-state index in [9.17, 15) is 13.2 Å². The topological polar surface area (TPSA) is 66.5 Å². The Hall–Kier alpha value is -1.11. The minimum atomic E-state index is -3.21. The maximum Gasteiger partial charge on any atom is 0.253 e. The molecule has 1 amide bonds. The first kappa shape index (κ1) is 16.9. The molecule has 1 aliphatic heterocycles. The molecule has 0 aromatic heterocycles. The van der Waals surface area contributed by atoms with Gasteiger partial charge in [0.25, 0.3) is 5.91 Å². The normalized spacial score (nSPS) is 16.1. The van der Waals surface area contributed by atoms with Crippen LogP contribution in [0.2, 0.25) is 0 Å². The molecule has 0 radical (unpaired) electrons. The Morgan fingerprint density at radius 2 is 1.80 bits per heavy atom. The third-order valence-corrected chi connectivity index (χ3v) is 4.29.